The highest BCUT2D eigenvalue weighted by Crippen LogP contribution is 2.49. The number of ether oxygens (including phenoxy) is 4. The van der Waals surface area contributed by atoms with Gasteiger partial charge in [0.1, 0.15) is 11.5 Å². The molecule has 3 aromatic carbocycles. The lowest BCUT2D eigenvalue weighted by molar-refractivity contribution is -0.135. The number of aromatic nitrogens is 2. The van der Waals surface area contributed by atoms with Gasteiger partial charge in [-0.2, -0.15) is 0 Å². The van der Waals surface area contributed by atoms with E-state index in [1.54, 1.807) is 66.7 Å². The van der Waals surface area contributed by atoms with Crippen molar-refractivity contribution in [3.05, 3.63) is 87.0 Å². The molecule has 6 rings (SSSR count). The van der Waals surface area contributed by atoms with Crippen LogP contribution in [-0.4, -0.2) is 35.1 Å². The number of allylic oxidation sites excluding steroid dienone is 1. The largest absolute Gasteiger partial charge is 0.493 e. The number of fused-ring (bicyclic) bond motifs is 4. The zero-order chi connectivity index (χ0) is 26.7. The van der Waals surface area contributed by atoms with Crippen LogP contribution in [0.5, 0.6) is 23.0 Å². The van der Waals surface area contributed by atoms with Crippen LogP contribution in [0.15, 0.2) is 59.1 Å². The van der Waals surface area contributed by atoms with Gasteiger partial charge in [-0.3, -0.25) is 18.7 Å². The molecule has 9 heteroatoms. The Labute approximate surface area is 217 Å². The fourth-order valence-corrected chi connectivity index (χ4v) is 5.30. The first kappa shape index (κ1) is 23.6. The molecule has 9 nitrogen and oxygen atoms in total. The minimum atomic E-state index is -0.431. The van der Waals surface area contributed by atoms with E-state index in [0.717, 1.165) is 16.6 Å². The topological polar surface area (TPSA) is 98.0 Å². The Morgan fingerprint density at radius 2 is 1.71 bits per heavy atom. The van der Waals surface area contributed by atoms with E-state index in [9.17, 15) is 14.4 Å². The van der Waals surface area contributed by atoms with Crippen molar-refractivity contribution in [1.29, 1.82) is 0 Å². The third-order valence-corrected chi connectivity index (χ3v) is 7.20. The van der Waals surface area contributed by atoms with E-state index < -0.39 is 5.92 Å². The van der Waals surface area contributed by atoms with Gasteiger partial charge in [-0.05, 0) is 42.0 Å². The van der Waals surface area contributed by atoms with Gasteiger partial charge in [0.2, 0.25) is 5.78 Å². The molecule has 0 amide bonds. The molecule has 0 spiro atoms. The summed E-state index contributed by atoms with van der Waals surface area (Å²) < 4.78 is 25.8. The van der Waals surface area contributed by atoms with E-state index in [2.05, 4.69) is 0 Å². The van der Waals surface area contributed by atoms with E-state index >= 15 is 0 Å². The number of carbonyl (C=O) groups is 2. The van der Waals surface area contributed by atoms with Crippen molar-refractivity contribution in [1.82, 2.24) is 9.13 Å². The predicted molar refractivity (Wildman–Crippen MR) is 139 cm³/mol. The van der Waals surface area contributed by atoms with Gasteiger partial charge >= 0.3 is 11.7 Å². The number of rotatable bonds is 4. The molecular weight excluding hydrogens is 488 g/mol. The van der Waals surface area contributed by atoms with E-state index in [-0.39, 0.29) is 29.6 Å². The number of ketones is 1. The van der Waals surface area contributed by atoms with Gasteiger partial charge in [0.25, 0.3) is 0 Å². The van der Waals surface area contributed by atoms with Crippen molar-refractivity contribution < 1.29 is 28.5 Å². The van der Waals surface area contributed by atoms with Crippen LogP contribution in [0, 0.1) is 0 Å². The molecule has 1 atom stereocenters. The Hall–Kier alpha value is -4.79. The van der Waals surface area contributed by atoms with E-state index in [0.29, 0.717) is 39.7 Å². The van der Waals surface area contributed by atoms with E-state index in [4.69, 9.17) is 18.9 Å². The molecule has 0 aliphatic carbocycles. The molecule has 1 aromatic heterocycles. The second kappa shape index (κ2) is 8.65. The molecule has 0 fully saturated rings. The second-order valence-corrected chi connectivity index (χ2v) is 9.26. The number of para-hydroxylation sites is 1. The molecule has 0 saturated carbocycles. The smallest absolute Gasteiger partial charge is 0.328 e. The van der Waals surface area contributed by atoms with Crippen LogP contribution in [0.25, 0.3) is 17.1 Å². The summed E-state index contributed by atoms with van der Waals surface area (Å²) in [6.45, 7) is 0. The third kappa shape index (κ3) is 3.42. The van der Waals surface area contributed by atoms with Crippen molar-refractivity contribution in [3.63, 3.8) is 0 Å². The maximum Gasteiger partial charge on any atom is 0.328 e. The molecule has 0 N–H and O–H groups in total. The first-order valence-corrected chi connectivity index (χ1v) is 12.0. The summed E-state index contributed by atoms with van der Waals surface area (Å²) in [6.07, 6.45) is 1.68. The number of hydrogen-bond donors (Lipinski definition) is 0. The van der Waals surface area contributed by atoms with Crippen LogP contribution < -0.4 is 24.6 Å². The highest BCUT2D eigenvalue weighted by Gasteiger charge is 2.38. The lowest BCUT2D eigenvalue weighted by Gasteiger charge is -2.26. The SMILES string of the molecule is COc1cccc(/C=C2\Oc3c(ccc4c3C(c3ccc5c(c3)n(C)c(=O)n5C)CC(=O)O4)C2=O)c1OC. The lowest BCUT2D eigenvalue weighted by atomic mass is 9.84. The molecule has 0 radical (unpaired) electrons. The number of hydrogen-bond acceptors (Lipinski definition) is 7. The Balaban J connectivity index is 1.48. The highest BCUT2D eigenvalue weighted by molar-refractivity contribution is 6.15. The summed E-state index contributed by atoms with van der Waals surface area (Å²) >= 11 is 0. The number of imidazole rings is 1. The normalized spacial score (nSPS) is 17.3. The zero-order valence-electron chi connectivity index (χ0n) is 21.2. The van der Waals surface area contributed by atoms with Gasteiger partial charge in [0, 0.05) is 31.1 Å². The van der Waals surface area contributed by atoms with Crippen LogP contribution in [0.2, 0.25) is 0 Å². The molecule has 3 heterocycles. The third-order valence-electron chi connectivity index (χ3n) is 7.20. The number of aryl methyl sites for hydroxylation is 2. The average Bonchev–Trinajstić information content (AvgIpc) is 3.35. The van der Waals surface area contributed by atoms with Crippen LogP contribution >= 0.6 is 0 Å². The number of esters is 1. The fourth-order valence-electron chi connectivity index (χ4n) is 5.30. The van der Waals surface area contributed by atoms with Crippen molar-refractivity contribution in [2.24, 2.45) is 14.1 Å². The molecule has 38 heavy (non-hydrogen) atoms. The van der Waals surface area contributed by atoms with Crippen molar-refractivity contribution in [2.75, 3.05) is 14.2 Å². The van der Waals surface area contributed by atoms with Gasteiger partial charge in [-0.15, -0.1) is 0 Å². The molecule has 4 aromatic rings. The second-order valence-electron chi connectivity index (χ2n) is 9.26. The molecule has 0 saturated heterocycles. The summed E-state index contributed by atoms with van der Waals surface area (Å²) in [5.74, 6) is 0.733. The van der Waals surface area contributed by atoms with Gasteiger partial charge in [0.05, 0.1) is 37.2 Å². The average molecular weight is 513 g/mol. The minimum Gasteiger partial charge on any atom is -0.493 e. The molecule has 2 aliphatic rings. The number of methoxy groups -OCH3 is 2. The van der Waals surface area contributed by atoms with Crippen molar-refractivity contribution in [3.8, 4) is 23.0 Å². The standard InChI is InChI=1S/C29H24N2O7/c1-30-19-10-8-15(12-20(19)31(2)29(30)34)18-14-24(32)37-21-11-9-17-26(33)23(38-28(17)25(18)21)13-16-6-5-7-22(35-3)27(16)36-4/h5-13,18H,14H2,1-4H3/b23-13-. The molecular formula is C29H24N2O7. The van der Waals surface area contributed by atoms with Crippen LogP contribution in [0.4, 0.5) is 0 Å². The Kier molecular flexibility index (Phi) is 5.37. The van der Waals surface area contributed by atoms with Crippen LogP contribution in [0.3, 0.4) is 0 Å². The summed E-state index contributed by atoms with van der Waals surface area (Å²) in [5, 5.41) is 0. The molecule has 0 bridgehead atoms. The van der Waals surface area contributed by atoms with Crippen LogP contribution in [0.1, 0.15) is 39.4 Å². The van der Waals surface area contributed by atoms with Gasteiger partial charge in [-0.25, -0.2) is 4.79 Å². The number of nitrogens with zero attached hydrogens (tertiary/aromatic N) is 2. The van der Waals surface area contributed by atoms with E-state index in [1.807, 2.05) is 18.2 Å². The Morgan fingerprint density at radius 1 is 0.921 bits per heavy atom. The van der Waals surface area contributed by atoms with Gasteiger partial charge in [0.15, 0.2) is 17.3 Å². The predicted octanol–water partition coefficient (Wildman–Crippen LogP) is 3.95. The number of Topliss-reactive ketones (excluding diaryl/α,β-unsaturated/α-hetero) is 1. The zero-order valence-corrected chi connectivity index (χ0v) is 21.2. The summed E-state index contributed by atoms with van der Waals surface area (Å²) in [7, 11) is 6.50. The first-order valence-electron chi connectivity index (χ1n) is 12.0. The number of carbonyl (C=O) groups excluding carboxylic acids is 2. The van der Waals surface area contributed by atoms with Crippen molar-refractivity contribution >= 4 is 28.9 Å². The van der Waals surface area contributed by atoms with Crippen molar-refractivity contribution in [2.45, 2.75) is 12.3 Å². The molecule has 192 valence electrons. The quantitative estimate of drug-likeness (QED) is 0.232. The summed E-state index contributed by atoms with van der Waals surface area (Å²) in [5.41, 5.74) is 3.82. The lowest BCUT2D eigenvalue weighted by Crippen LogP contribution is -2.21. The first-order chi connectivity index (χ1) is 18.3. The van der Waals surface area contributed by atoms with E-state index in [1.165, 1.54) is 7.11 Å². The Bertz CT molecular complexity index is 1760. The monoisotopic (exact) mass is 512 g/mol. The maximum atomic E-state index is 13.4. The van der Waals surface area contributed by atoms with Crippen LogP contribution in [-0.2, 0) is 18.9 Å². The maximum absolute atomic E-state index is 13.4. The highest BCUT2D eigenvalue weighted by atomic mass is 16.5. The van der Waals surface area contributed by atoms with Gasteiger partial charge in [-0.1, -0.05) is 18.2 Å². The Morgan fingerprint density at radius 3 is 2.47 bits per heavy atom. The van der Waals surface area contributed by atoms with Gasteiger partial charge < -0.3 is 18.9 Å². The molecule has 1 unspecified atom stereocenters. The number of benzene rings is 3. The molecule has 2 aliphatic heterocycles. The summed E-state index contributed by atoms with van der Waals surface area (Å²) in [4.78, 5) is 38.4. The fraction of sp³-hybridized carbons (Fsp3) is 0.207. The summed E-state index contributed by atoms with van der Waals surface area (Å²) in [6, 6.07) is 14.3. The minimum absolute atomic E-state index is 0.0655.